The number of terminal acetylenes is 1. The van der Waals surface area contributed by atoms with Gasteiger partial charge in [0.05, 0.1) is 12.1 Å². The standard InChI is InChI=1S/C14H16ClNO2.ClH/c1-3-6-18-14-12(15)7-10(8-13(14)17-2)9-16-11-4-5-11;/h1,7-8,11,16H,4-6,9H2,2H3;1H. The number of ether oxygens (including phenoxy) is 2. The molecule has 1 saturated carbocycles. The zero-order valence-corrected chi connectivity index (χ0v) is 12.3. The Morgan fingerprint density at radius 1 is 1.47 bits per heavy atom. The molecule has 0 bridgehead atoms. The Morgan fingerprint density at radius 2 is 2.21 bits per heavy atom. The Morgan fingerprint density at radius 3 is 2.79 bits per heavy atom. The average Bonchev–Trinajstić information content (AvgIpc) is 3.18. The van der Waals surface area contributed by atoms with Crippen LogP contribution in [0.2, 0.25) is 5.02 Å². The van der Waals surface area contributed by atoms with Crippen molar-refractivity contribution in [3.05, 3.63) is 22.7 Å². The van der Waals surface area contributed by atoms with Crippen LogP contribution >= 0.6 is 24.0 Å². The number of hydrogen-bond donors (Lipinski definition) is 1. The van der Waals surface area contributed by atoms with Gasteiger partial charge in [-0.3, -0.25) is 0 Å². The van der Waals surface area contributed by atoms with Gasteiger partial charge in [-0.15, -0.1) is 18.8 Å². The van der Waals surface area contributed by atoms with Crippen molar-refractivity contribution in [2.75, 3.05) is 13.7 Å². The molecule has 104 valence electrons. The molecule has 0 atom stereocenters. The highest BCUT2D eigenvalue weighted by molar-refractivity contribution is 6.32. The molecule has 0 unspecified atom stereocenters. The van der Waals surface area contributed by atoms with Gasteiger partial charge in [-0.1, -0.05) is 17.5 Å². The van der Waals surface area contributed by atoms with Crippen LogP contribution in [-0.4, -0.2) is 19.8 Å². The first-order chi connectivity index (χ1) is 8.74. The van der Waals surface area contributed by atoms with E-state index >= 15 is 0 Å². The molecular formula is C14H17Cl2NO2. The number of hydrogen-bond acceptors (Lipinski definition) is 3. The molecular weight excluding hydrogens is 285 g/mol. The van der Waals surface area contributed by atoms with Crippen LogP contribution in [0.3, 0.4) is 0 Å². The number of benzene rings is 1. The van der Waals surface area contributed by atoms with Gasteiger partial charge in [0.2, 0.25) is 0 Å². The Hall–Kier alpha value is -1.08. The third-order valence-electron chi connectivity index (χ3n) is 2.76. The quantitative estimate of drug-likeness (QED) is 0.819. The van der Waals surface area contributed by atoms with Crippen LogP contribution in [0.25, 0.3) is 0 Å². The zero-order valence-electron chi connectivity index (χ0n) is 10.7. The van der Waals surface area contributed by atoms with Gasteiger partial charge in [0.25, 0.3) is 0 Å². The molecule has 0 amide bonds. The molecule has 0 spiro atoms. The highest BCUT2D eigenvalue weighted by Crippen LogP contribution is 2.36. The fourth-order valence-electron chi connectivity index (χ4n) is 1.68. The minimum Gasteiger partial charge on any atom is -0.493 e. The number of rotatable bonds is 6. The van der Waals surface area contributed by atoms with Gasteiger partial charge in [-0.25, -0.2) is 0 Å². The van der Waals surface area contributed by atoms with Gasteiger partial charge in [-0.05, 0) is 30.5 Å². The first-order valence-electron chi connectivity index (χ1n) is 5.90. The molecule has 0 heterocycles. The average molecular weight is 302 g/mol. The Labute approximate surface area is 125 Å². The van der Waals surface area contributed by atoms with Crippen LogP contribution in [0.4, 0.5) is 0 Å². The predicted molar refractivity (Wildman–Crippen MR) is 79.4 cm³/mol. The topological polar surface area (TPSA) is 30.5 Å². The van der Waals surface area contributed by atoms with E-state index in [9.17, 15) is 0 Å². The van der Waals surface area contributed by atoms with Crippen LogP contribution < -0.4 is 14.8 Å². The maximum absolute atomic E-state index is 6.18. The van der Waals surface area contributed by atoms with E-state index in [1.165, 1.54) is 12.8 Å². The molecule has 2 rings (SSSR count). The maximum Gasteiger partial charge on any atom is 0.181 e. The molecule has 0 aliphatic heterocycles. The minimum atomic E-state index is 0. The monoisotopic (exact) mass is 301 g/mol. The first-order valence-corrected chi connectivity index (χ1v) is 6.28. The van der Waals surface area contributed by atoms with Crippen molar-refractivity contribution in [1.82, 2.24) is 5.32 Å². The van der Waals surface area contributed by atoms with Crippen molar-refractivity contribution in [3.8, 4) is 23.8 Å². The van der Waals surface area contributed by atoms with E-state index in [0.717, 1.165) is 12.1 Å². The highest BCUT2D eigenvalue weighted by atomic mass is 35.5. The molecule has 3 nitrogen and oxygen atoms in total. The fraction of sp³-hybridized carbons (Fsp3) is 0.429. The van der Waals surface area contributed by atoms with Crippen molar-refractivity contribution in [2.45, 2.75) is 25.4 Å². The van der Waals surface area contributed by atoms with Gasteiger partial charge in [0.15, 0.2) is 11.5 Å². The Balaban J connectivity index is 0.00000180. The Bertz CT molecular complexity index is 467. The van der Waals surface area contributed by atoms with E-state index in [2.05, 4.69) is 11.2 Å². The van der Waals surface area contributed by atoms with E-state index in [1.807, 2.05) is 12.1 Å². The summed E-state index contributed by atoms with van der Waals surface area (Å²) >= 11 is 6.18. The maximum atomic E-state index is 6.18. The SMILES string of the molecule is C#CCOc1c(Cl)cc(CNC2CC2)cc1OC.Cl. The zero-order chi connectivity index (χ0) is 13.0. The van der Waals surface area contributed by atoms with Crippen molar-refractivity contribution in [2.24, 2.45) is 0 Å². The second kappa shape index (κ2) is 7.49. The Kier molecular flexibility index (Phi) is 6.30. The summed E-state index contributed by atoms with van der Waals surface area (Å²) in [7, 11) is 1.59. The van der Waals surface area contributed by atoms with Crippen LogP contribution in [0.5, 0.6) is 11.5 Å². The second-order valence-electron chi connectivity index (χ2n) is 4.26. The summed E-state index contributed by atoms with van der Waals surface area (Å²) in [6.45, 7) is 0.964. The fourth-order valence-corrected chi connectivity index (χ4v) is 1.97. The summed E-state index contributed by atoms with van der Waals surface area (Å²) < 4.78 is 10.7. The molecule has 0 radical (unpaired) electrons. The molecule has 1 aliphatic rings. The number of halogens is 2. The summed E-state index contributed by atoms with van der Waals surface area (Å²) in [5.74, 6) is 3.53. The summed E-state index contributed by atoms with van der Waals surface area (Å²) in [4.78, 5) is 0. The van der Waals surface area contributed by atoms with Gasteiger partial charge in [0, 0.05) is 12.6 Å². The van der Waals surface area contributed by atoms with Crippen LogP contribution in [-0.2, 0) is 6.54 Å². The number of methoxy groups -OCH3 is 1. The normalized spacial score (nSPS) is 13.3. The van der Waals surface area contributed by atoms with Crippen molar-refractivity contribution in [3.63, 3.8) is 0 Å². The third kappa shape index (κ3) is 4.50. The number of nitrogens with one attached hydrogen (secondary N) is 1. The molecule has 0 aromatic heterocycles. The molecule has 5 heteroatoms. The van der Waals surface area contributed by atoms with E-state index < -0.39 is 0 Å². The molecule has 19 heavy (non-hydrogen) atoms. The lowest BCUT2D eigenvalue weighted by Crippen LogP contribution is -2.15. The smallest absolute Gasteiger partial charge is 0.181 e. The van der Waals surface area contributed by atoms with Crippen molar-refractivity contribution >= 4 is 24.0 Å². The van der Waals surface area contributed by atoms with E-state index in [0.29, 0.717) is 22.6 Å². The largest absolute Gasteiger partial charge is 0.493 e. The lowest BCUT2D eigenvalue weighted by molar-refractivity contribution is 0.331. The molecule has 0 saturated heterocycles. The van der Waals surface area contributed by atoms with E-state index in [-0.39, 0.29) is 19.0 Å². The summed E-state index contributed by atoms with van der Waals surface area (Å²) in [5.41, 5.74) is 1.08. The van der Waals surface area contributed by atoms with Gasteiger partial charge >= 0.3 is 0 Å². The molecule has 1 aromatic carbocycles. The minimum absolute atomic E-state index is 0. The summed E-state index contributed by atoms with van der Waals surface area (Å²) in [6, 6.07) is 4.46. The molecule has 1 aromatic rings. The molecule has 1 N–H and O–H groups in total. The lowest BCUT2D eigenvalue weighted by atomic mass is 10.2. The van der Waals surface area contributed by atoms with Crippen LogP contribution in [0, 0.1) is 12.3 Å². The van der Waals surface area contributed by atoms with Crippen LogP contribution in [0.1, 0.15) is 18.4 Å². The van der Waals surface area contributed by atoms with Gasteiger partial charge < -0.3 is 14.8 Å². The predicted octanol–water partition coefficient (Wildman–Crippen LogP) is 3.03. The van der Waals surface area contributed by atoms with E-state index in [4.69, 9.17) is 27.5 Å². The third-order valence-corrected chi connectivity index (χ3v) is 3.04. The van der Waals surface area contributed by atoms with E-state index in [1.54, 1.807) is 7.11 Å². The van der Waals surface area contributed by atoms with Crippen LogP contribution in [0.15, 0.2) is 12.1 Å². The first kappa shape index (κ1) is 16.0. The lowest BCUT2D eigenvalue weighted by Gasteiger charge is -2.13. The summed E-state index contributed by atoms with van der Waals surface area (Å²) in [6.07, 6.45) is 7.68. The summed E-state index contributed by atoms with van der Waals surface area (Å²) in [5, 5.41) is 3.95. The highest BCUT2D eigenvalue weighted by Gasteiger charge is 2.20. The van der Waals surface area contributed by atoms with Gasteiger partial charge in [0.1, 0.15) is 6.61 Å². The molecule has 1 aliphatic carbocycles. The second-order valence-corrected chi connectivity index (χ2v) is 4.66. The molecule has 1 fully saturated rings. The van der Waals surface area contributed by atoms with Crippen molar-refractivity contribution < 1.29 is 9.47 Å². The van der Waals surface area contributed by atoms with Gasteiger partial charge in [-0.2, -0.15) is 0 Å². The van der Waals surface area contributed by atoms with Crippen molar-refractivity contribution in [1.29, 1.82) is 0 Å².